The van der Waals surface area contributed by atoms with Crippen LogP contribution >= 0.6 is 0 Å². The molecule has 4 aromatic rings. The lowest BCUT2D eigenvalue weighted by molar-refractivity contribution is 0.100. The van der Waals surface area contributed by atoms with E-state index in [2.05, 4.69) is 43.8 Å². The average molecular weight is 442 g/mol. The predicted octanol–water partition coefficient (Wildman–Crippen LogP) is 4.15. The van der Waals surface area contributed by atoms with Gasteiger partial charge in [-0.05, 0) is 36.6 Å². The van der Waals surface area contributed by atoms with E-state index in [4.69, 9.17) is 11.5 Å². The van der Waals surface area contributed by atoms with Crippen molar-refractivity contribution in [3.63, 3.8) is 0 Å². The van der Waals surface area contributed by atoms with Crippen molar-refractivity contribution in [1.29, 1.82) is 0 Å². The number of carbonyl (C=O) groups is 1. The Kier molecular flexibility index (Phi) is 5.66. The number of rotatable bonds is 6. The van der Waals surface area contributed by atoms with Gasteiger partial charge in [-0.15, -0.1) is 0 Å². The smallest absolute Gasteiger partial charge is 0.254 e. The molecule has 2 aromatic heterocycles. The highest BCUT2D eigenvalue weighted by Crippen LogP contribution is 2.31. The molecule has 8 heteroatoms. The van der Waals surface area contributed by atoms with Crippen molar-refractivity contribution in [2.24, 2.45) is 11.5 Å². The van der Waals surface area contributed by atoms with Crippen LogP contribution in [0.1, 0.15) is 36.0 Å². The van der Waals surface area contributed by atoms with E-state index in [-0.39, 0.29) is 17.6 Å². The lowest BCUT2D eigenvalue weighted by atomic mass is 9.91. The zero-order valence-corrected chi connectivity index (χ0v) is 18.2. The Morgan fingerprint density at radius 3 is 2.67 bits per heavy atom. The van der Waals surface area contributed by atoms with E-state index in [0.29, 0.717) is 11.8 Å². The summed E-state index contributed by atoms with van der Waals surface area (Å²) in [6.07, 6.45) is 5.66. The molecule has 1 amide bonds. The molecule has 0 aliphatic heterocycles. The van der Waals surface area contributed by atoms with Crippen LogP contribution in [-0.4, -0.2) is 32.9 Å². The SMILES string of the molecule is NC(=O)c1cnc(N[C@@H]2CCCC[C@@H]2N)nc1Nc1cccc2[nH]c(-c3ccccc3)cc12. The molecule has 1 fully saturated rings. The average Bonchev–Trinajstić information content (AvgIpc) is 3.27. The summed E-state index contributed by atoms with van der Waals surface area (Å²) < 4.78 is 0. The van der Waals surface area contributed by atoms with E-state index < -0.39 is 5.91 Å². The first-order chi connectivity index (χ1) is 16.1. The first-order valence-corrected chi connectivity index (χ1v) is 11.2. The fourth-order valence-electron chi connectivity index (χ4n) is 4.40. The number of carbonyl (C=O) groups excluding carboxylic acids is 1. The summed E-state index contributed by atoms with van der Waals surface area (Å²) in [6.45, 7) is 0. The van der Waals surface area contributed by atoms with Gasteiger partial charge in [-0.2, -0.15) is 4.98 Å². The van der Waals surface area contributed by atoms with Gasteiger partial charge in [0, 0.05) is 40.6 Å². The minimum absolute atomic E-state index is 0.0552. The van der Waals surface area contributed by atoms with Gasteiger partial charge in [0.15, 0.2) is 0 Å². The van der Waals surface area contributed by atoms with Crippen molar-refractivity contribution in [2.75, 3.05) is 10.6 Å². The minimum Gasteiger partial charge on any atom is -0.365 e. The van der Waals surface area contributed by atoms with Crippen molar-refractivity contribution >= 4 is 34.3 Å². The van der Waals surface area contributed by atoms with Gasteiger partial charge in [-0.25, -0.2) is 4.98 Å². The highest BCUT2D eigenvalue weighted by Gasteiger charge is 2.23. The molecule has 0 unspecified atom stereocenters. The number of H-pyrrole nitrogens is 1. The van der Waals surface area contributed by atoms with E-state index in [9.17, 15) is 4.79 Å². The third kappa shape index (κ3) is 4.38. The molecule has 1 aliphatic carbocycles. The number of fused-ring (bicyclic) bond motifs is 1. The van der Waals surface area contributed by atoms with Crippen LogP contribution < -0.4 is 22.1 Å². The van der Waals surface area contributed by atoms with Gasteiger partial charge >= 0.3 is 0 Å². The van der Waals surface area contributed by atoms with E-state index >= 15 is 0 Å². The van der Waals surface area contributed by atoms with Crippen LogP contribution in [0.3, 0.4) is 0 Å². The number of aromatic amines is 1. The molecule has 2 atom stereocenters. The van der Waals surface area contributed by atoms with Gasteiger partial charge in [0.25, 0.3) is 5.91 Å². The number of aromatic nitrogens is 3. The summed E-state index contributed by atoms with van der Waals surface area (Å²) in [5.74, 6) is 0.194. The van der Waals surface area contributed by atoms with Crippen LogP contribution in [0, 0.1) is 0 Å². The summed E-state index contributed by atoms with van der Waals surface area (Å²) >= 11 is 0. The molecule has 168 valence electrons. The van der Waals surface area contributed by atoms with Crippen LogP contribution in [0.15, 0.2) is 60.8 Å². The van der Waals surface area contributed by atoms with Crippen molar-refractivity contribution in [2.45, 2.75) is 37.8 Å². The molecule has 33 heavy (non-hydrogen) atoms. The third-order valence-corrected chi connectivity index (χ3v) is 6.19. The summed E-state index contributed by atoms with van der Waals surface area (Å²) in [4.78, 5) is 24.4. The number of nitrogens with two attached hydrogens (primary N) is 2. The monoisotopic (exact) mass is 441 g/mol. The lowest BCUT2D eigenvalue weighted by Gasteiger charge is -2.29. The Labute approximate surface area is 191 Å². The largest absolute Gasteiger partial charge is 0.365 e. The Bertz CT molecular complexity index is 1280. The van der Waals surface area contributed by atoms with Crippen LogP contribution in [0.25, 0.3) is 22.2 Å². The van der Waals surface area contributed by atoms with Crippen LogP contribution in [0.5, 0.6) is 0 Å². The standard InChI is InChI=1S/C25H27N7O/c26-18-9-4-5-10-21(18)31-25-28-14-17(23(27)33)24(32-25)30-20-12-6-11-19-16(20)13-22(29-19)15-7-2-1-3-8-15/h1-3,6-8,11-14,18,21,29H,4-5,9-10,26H2,(H2,27,33)(H2,28,30,31,32)/t18-,21+/m0/s1. The van der Waals surface area contributed by atoms with Crippen LogP contribution in [0.4, 0.5) is 17.5 Å². The molecule has 2 heterocycles. The zero-order valence-electron chi connectivity index (χ0n) is 18.2. The number of primary amides is 1. The van der Waals surface area contributed by atoms with Gasteiger partial charge < -0.3 is 27.1 Å². The Balaban J connectivity index is 1.48. The number of hydrogen-bond acceptors (Lipinski definition) is 6. The molecule has 0 bridgehead atoms. The number of amides is 1. The lowest BCUT2D eigenvalue weighted by Crippen LogP contribution is -2.43. The number of hydrogen-bond donors (Lipinski definition) is 5. The summed E-state index contributed by atoms with van der Waals surface area (Å²) in [6, 6.07) is 18.3. The molecule has 8 nitrogen and oxygen atoms in total. The first kappa shape index (κ1) is 21.0. The van der Waals surface area contributed by atoms with Crippen molar-refractivity contribution < 1.29 is 4.79 Å². The summed E-state index contributed by atoms with van der Waals surface area (Å²) in [5.41, 5.74) is 16.0. The maximum atomic E-state index is 12.1. The fourth-order valence-corrected chi connectivity index (χ4v) is 4.40. The molecular weight excluding hydrogens is 414 g/mol. The van der Waals surface area contributed by atoms with E-state index in [1.807, 2.05) is 36.4 Å². The third-order valence-electron chi connectivity index (χ3n) is 6.19. The highest BCUT2D eigenvalue weighted by molar-refractivity contribution is 6.01. The fraction of sp³-hybridized carbons (Fsp3) is 0.240. The van der Waals surface area contributed by atoms with E-state index in [1.165, 1.54) is 6.20 Å². The summed E-state index contributed by atoms with van der Waals surface area (Å²) in [5, 5.41) is 7.63. The molecule has 0 spiro atoms. The van der Waals surface area contributed by atoms with E-state index in [0.717, 1.165) is 53.5 Å². The Hall–Kier alpha value is -3.91. The molecule has 2 aromatic carbocycles. The second-order valence-corrected chi connectivity index (χ2v) is 8.46. The second kappa shape index (κ2) is 8.91. The van der Waals surface area contributed by atoms with Crippen LogP contribution in [0.2, 0.25) is 0 Å². The van der Waals surface area contributed by atoms with Crippen molar-refractivity contribution in [1.82, 2.24) is 15.0 Å². The normalized spacial score (nSPS) is 18.2. The number of nitrogens with zero attached hydrogens (tertiary/aromatic N) is 2. The van der Waals surface area contributed by atoms with Crippen molar-refractivity contribution in [3.05, 3.63) is 66.4 Å². The molecule has 1 aliphatic rings. The molecule has 1 saturated carbocycles. The molecule has 0 radical (unpaired) electrons. The minimum atomic E-state index is -0.593. The Morgan fingerprint density at radius 1 is 1.06 bits per heavy atom. The molecule has 5 rings (SSSR count). The quantitative estimate of drug-likeness (QED) is 0.305. The molecule has 0 saturated heterocycles. The van der Waals surface area contributed by atoms with E-state index in [1.54, 1.807) is 0 Å². The van der Waals surface area contributed by atoms with Crippen molar-refractivity contribution in [3.8, 4) is 11.3 Å². The van der Waals surface area contributed by atoms with Gasteiger partial charge in [0.05, 0.1) is 0 Å². The topological polar surface area (TPSA) is 135 Å². The Morgan fingerprint density at radius 2 is 1.88 bits per heavy atom. The van der Waals surface area contributed by atoms with Crippen LogP contribution in [-0.2, 0) is 0 Å². The molecular formula is C25H27N7O. The maximum absolute atomic E-state index is 12.1. The van der Waals surface area contributed by atoms with Gasteiger partial charge in [-0.3, -0.25) is 4.79 Å². The van der Waals surface area contributed by atoms with Gasteiger partial charge in [0.1, 0.15) is 11.4 Å². The maximum Gasteiger partial charge on any atom is 0.254 e. The molecule has 7 N–H and O–H groups in total. The second-order valence-electron chi connectivity index (χ2n) is 8.46. The van der Waals surface area contributed by atoms with Gasteiger partial charge in [-0.1, -0.05) is 49.2 Å². The first-order valence-electron chi connectivity index (χ1n) is 11.2. The number of nitrogens with one attached hydrogen (secondary N) is 3. The highest BCUT2D eigenvalue weighted by atomic mass is 16.1. The number of anilines is 3. The zero-order chi connectivity index (χ0) is 22.8. The predicted molar refractivity (Wildman–Crippen MR) is 131 cm³/mol. The summed E-state index contributed by atoms with van der Waals surface area (Å²) in [7, 11) is 0. The van der Waals surface area contributed by atoms with Gasteiger partial charge in [0.2, 0.25) is 5.95 Å². The number of benzene rings is 2.